The first-order valence-corrected chi connectivity index (χ1v) is 18.9. The van der Waals surface area contributed by atoms with E-state index in [0.29, 0.717) is 23.4 Å². The van der Waals surface area contributed by atoms with E-state index in [1.807, 2.05) is 4.57 Å². The Bertz CT molecular complexity index is 2260. The number of ether oxygens (including phenoxy) is 4. The Kier molecular flexibility index (Phi) is 10.6. The number of benzene rings is 2. The van der Waals surface area contributed by atoms with Crippen LogP contribution in [0.2, 0.25) is 0 Å². The Labute approximate surface area is 290 Å². The van der Waals surface area contributed by atoms with E-state index >= 15 is 0 Å². The second-order valence-corrected chi connectivity index (χ2v) is 14.3. The summed E-state index contributed by atoms with van der Waals surface area (Å²) in [5.41, 5.74) is -1.38. The van der Waals surface area contributed by atoms with Gasteiger partial charge in [-0.2, -0.15) is 0 Å². The summed E-state index contributed by atoms with van der Waals surface area (Å²) >= 11 is 1.28. The highest BCUT2D eigenvalue weighted by Crippen LogP contribution is 2.44. The van der Waals surface area contributed by atoms with Crippen LogP contribution < -0.4 is 20.3 Å². The fourth-order valence-electron chi connectivity index (χ4n) is 5.93. The summed E-state index contributed by atoms with van der Waals surface area (Å²) in [7, 11) is -1.39. The average Bonchev–Trinajstić information content (AvgIpc) is 3.99. The molecule has 16 heteroatoms. The van der Waals surface area contributed by atoms with Crippen LogP contribution in [-0.4, -0.2) is 69.4 Å². The number of carbonyl (C=O) groups excluding carboxylic acids is 2. The van der Waals surface area contributed by atoms with Crippen molar-refractivity contribution in [3.63, 3.8) is 0 Å². The molecule has 2 aromatic heterocycles. The van der Waals surface area contributed by atoms with Crippen molar-refractivity contribution in [2.24, 2.45) is 0 Å². The fraction of sp³-hybridized carbons (Fsp3) is 0.412. The van der Waals surface area contributed by atoms with Gasteiger partial charge in [0.15, 0.2) is 38.0 Å². The zero-order valence-electron chi connectivity index (χ0n) is 28.3. The average molecular weight is 735 g/mol. The molecule has 12 nitrogen and oxygen atoms in total. The summed E-state index contributed by atoms with van der Waals surface area (Å²) in [6.45, 7) is 3.41. The maximum atomic E-state index is 14.2. The second kappa shape index (κ2) is 14.4. The zero-order chi connectivity index (χ0) is 36.7. The minimum Gasteiger partial charge on any atom is -0.492 e. The molecule has 6 rings (SSSR count). The van der Waals surface area contributed by atoms with E-state index in [2.05, 4.69) is 0 Å². The zero-order valence-corrected chi connectivity index (χ0v) is 29.9. The highest BCUT2D eigenvalue weighted by atomic mass is 32.2. The van der Waals surface area contributed by atoms with Gasteiger partial charge < -0.3 is 28.1 Å². The molecule has 0 bridgehead atoms. The number of pyridine rings is 2. The monoisotopic (exact) mass is 734 g/mol. The van der Waals surface area contributed by atoms with Crippen LogP contribution in [0.4, 0.5) is 8.78 Å². The molecule has 0 radical (unpaired) electrons. The number of hydrogen-bond acceptors (Lipinski definition) is 11. The van der Waals surface area contributed by atoms with Crippen LogP contribution in [0.25, 0.3) is 21.8 Å². The molecule has 4 aromatic rings. The number of fused-ring (bicyclic) bond motifs is 2. The summed E-state index contributed by atoms with van der Waals surface area (Å²) in [6.07, 6.45) is 5.79. The van der Waals surface area contributed by atoms with E-state index in [1.165, 1.54) is 48.7 Å². The van der Waals surface area contributed by atoms with Crippen molar-refractivity contribution >= 4 is 55.3 Å². The molecule has 2 heterocycles. The van der Waals surface area contributed by atoms with Crippen LogP contribution in [0.15, 0.2) is 43.9 Å². The van der Waals surface area contributed by atoms with Gasteiger partial charge >= 0.3 is 11.9 Å². The number of esters is 2. The van der Waals surface area contributed by atoms with Gasteiger partial charge in [-0.15, -0.1) is 11.8 Å². The summed E-state index contributed by atoms with van der Waals surface area (Å²) in [6, 6.07) is 4.72. The number of aromatic nitrogens is 2. The molecule has 2 fully saturated rings. The Hall–Kier alpha value is -4.44. The lowest BCUT2D eigenvalue weighted by molar-refractivity contribution is 0.0509. The molecule has 0 spiro atoms. The van der Waals surface area contributed by atoms with Crippen molar-refractivity contribution in [1.29, 1.82) is 0 Å². The minimum atomic E-state index is -4.00. The second-order valence-electron chi connectivity index (χ2n) is 11.6. The van der Waals surface area contributed by atoms with E-state index in [-0.39, 0.29) is 58.6 Å². The van der Waals surface area contributed by atoms with Crippen LogP contribution in [0.3, 0.4) is 0 Å². The van der Waals surface area contributed by atoms with Gasteiger partial charge in [0.1, 0.15) is 11.1 Å². The highest BCUT2D eigenvalue weighted by Gasteiger charge is 2.37. The molecule has 0 N–H and O–H groups in total. The summed E-state index contributed by atoms with van der Waals surface area (Å²) < 4.78 is 76.9. The van der Waals surface area contributed by atoms with Gasteiger partial charge in [-0.3, -0.25) is 9.59 Å². The van der Waals surface area contributed by atoms with Crippen molar-refractivity contribution in [2.45, 2.75) is 61.7 Å². The van der Waals surface area contributed by atoms with E-state index in [9.17, 15) is 36.4 Å². The number of thioether (sulfide) groups is 1. The van der Waals surface area contributed by atoms with Crippen LogP contribution >= 0.6 is 11.8 Å². The molecule has 2 aliphatic rings. The first-order chi connectivity index (χ1) is 23.8. The largest absolute Gasteiger partial charge is 0.492 e. The van der Waals surface area contributed by atoms with Crippen molar-refractivity contribution in [3.8, 4) is 11.5 Å². The van der Waals surface area contributed by atoms with Crippen LogP contribution in [-0.2, 0) is 19.3 Å². The maximum absolute atomic E-state index is 14.2. The lowest BCUT2D eigenvalue weighted by Crippen LogP contribution is -2.28. The molecule has 268 valence electrons. The summed E-state index contributed by atoms with van der Waals surface area (Å²) in [4.78, 5) is 50.6. The third-order valence-electron chi connectivity index (χ3n) is 8.19. The number of rotatable bonds is 10. The van der Waals surface area contributed by atoms with Gasteiger partial charge in [-0.25, -0.2) is 26.8 Å². The first-order valence-electron chi connectivity index (χ1n) is 15.7. The van der Waals surface area contributed by atoms with Crippen molar-refractivity contribution in [2.75, 3.05) is 39.9 Å². The molecule has 2 saturated carbocycles. The van der Waals surface area contributed by atoms with Crippen molar-refractivity contribution < 1.29 is 45.7 Å². The van der Waals surface area contributed by atoms with Gasteiger partial charge in [0.2, 0.25) is 10.9 Å². The van der Waals surface area contributed by atoms with E-state index < -0.39 is 54.9 Å². The molecule has 2 aromatic carbocycles. The van der Waals surface area contributed by atoms with Gasteiger partial charge in [0.05, 0.1) is 54.3 Å². The van der Waals surface area contributed by atoms with Gasteiger partial charge in [0, 0.05) is 18.3 Å². The number of nitrogens with zero attached hydrogens (tertiary/aromatic N) is 2. The SMILES string of the molecule is CCOC(=O)c1c(S(C)(=O)=O)n(C2CC2)c2c(OC)c(F)ccc2c1=O.CCOC(=O)c1c(SC)n(C2CC2)c2c(OC)c(F)ccc2c1=O. The molecule has 0 saturated heterocycles. The minimum absolute atomic E-state index is 0.00519. The molecule has 2 aliphatic carbocycles. The number of halogens is 2. The lowest BCUT2D eigenvalue weighted by atomic mass is 10.1. The predicted octanol–water partition coefficient (Wildman–Crippen LogP) is 5.45. The van der Waals surface area contributed by atoms with Gasteiger partial charge in [-0.05, 0) is 70.1 Å². The maximum Gasteiger partial charge on any atom is 0.345 e. The van der Waals surface area contributed by atoms with E-state index in [0.717, 1.165) is 25.2 Å². The molecule has 0 atom stereocenters. The Morgan fingerprint density at radius 2 is 1.20 bits per heavy atom. The Morgan fingerprint density at radius 1 is 0.780 bits per heavy atom. The predicted molar refractivity (Wildman–Crippen MR) is 183 cm³/mol. The smallest absolute Gasteiger partial charge is 0.345 e. The van der Waals surface area contributed by atoms with Gasteiger partial charge in [-0.1, -0.05) is 0 Å². The third-order valence-corrected chi connectivity index (χ3v) is 10.1. The van der Waals surface area contributed by atoms with E-state index in [4.69, 9.17) is 18.9 Å². The molecule has 0 unspecified atom stereocenters. The quantitative estimate of drug-likeness (QED) is 0.151. The normalized spacial score (nSPS) is 14.2. The molecule has 0 amide bonds. The standard InChI is InChI=1S/C17H18FNO6S.C17H18FNO4S/c1-4-25-17(21)12-14(20)10-7-8-11(18)15(24-2)13(10)19(9-5-6-9)16(12)26(3,22)23;1-4-23-17(21)12-14(20)10-7-8-11(18)15(22-2)13(10)19(9-5-6-9)16(12)24-3/h7-9H,4-6H2,1-3H3;7-9H,4-6H2,1-3H3. The highest BCUT2D eigenvalue weighted by molar-refractivity contribution is 7.98. The Morgan fingerprint density at radius 3 is 1.60 bits per heavy atom. The molecule has 0 aliphatic heterocycles. The number of carbonyl (C=O) groups is 2. The van der Waals surface area contributed by atoms with Crippen molar-refractivity contribution in [1.82, 2.24) is 9.13 Å². The van der Waals surface area contributed by atoms with Crippen LogP contribution in [0.1, 0.15) is 72.3 Å². The van der Waals surface area contributed by atoms with Crippen LogP contribution in [0, 0.1) is 11.6 Å². The third kappa shape index (κ3) is 6.57. The van der Waals surface area contributed by atoms with Gasteiger partial charge in [0.25, 0.3) is 0 Å². The lowest BCUT2D eigenvalue weighted by Gasteiger charge is -2.20. The fourth-order valence-corrected chi connectivity index (χ4v) is 7.89. The first kappa shape index (κ1) is 36.8. The molecule has 50 heavy (non-hydrogen) atoms. The number of methoxy groups -OCH3 is 2. The van der Waals surface area contributed by atoms with Crippen LogP contribution in [0.5, 0.6) is 11.5 Å². The summed E-state index contributed by atoms with van der Waals surface area (Å²) in [5, 5.41) is 0.309. The molecular formula is C34H36F2N2O10S2. The number of hydrogen-bond donors (Lipinski definition) is 0. The molecular weight excluding hydrogens is 699 g/mol. The topological polar surface area (TPSA) is 149 Å². The Balaban J connectivity index is 0.000000195. The van der Waals surface area contributed by atoms with Crippen molar-refractivity contribution in [3.05, 3.63) is 67.5 Å². The number of sulfone groups is 1. The van der Waals surface area contributed by atoms with E-state index in [1.54, 1.807) is 20.1 Å². The summed E-state index contributed by atoms with van der Waals surface area (Å²) in [5.74, 6) is -3.12.